The molecule has 5 heteroatoms. The Balaban J connectivity index is 2.13. The van der Waals surface area contributed by atoms with Crippen LogP contribution in [0, 0.1) is 17.5 Å². The number of rotatable bonds is 4. The Labute approximate surface area is 108 Å². The molecule has 0 heterocycles. The number of ether oxygens (including phenoxy) is 1. The zero-order valence-electron chi connectivity index (χ0n) is 10.2. The van der Waals surface area contributed by atoms with E-state index in [4.69, 9.17) is 4.74 Å². The van der Waals surface area contributed by atoms with Gasteiger partial charge in [-0.2, -0.15) is 0 Å². The van der Waals surface area contributed by atoms with Crippen LogP contribution in [0.15, 0.2) is 36.4 Å². The molecule has 2 aromatic rings. The molecule has 0 atom stereocenters. The molecule has 0 spiro atoms. The summed E-state index contributed by atoms with van der Waals surface area (Å²) in [5.41, 5.74) is 0.333. The van der Waals surface area contributed by atoms with E-state index >= 15 is 0 Å². The van der Waals surface area contributed by atoms with Gasteiger partial charge in [-0.25, -0.2) is 13.2 Å². The first-order valence-corrected chi connectivity index (χ1v) is 5.62. The van der Waals surface area contributed by atoms with Crippen LogP contribution in [0.5, 0.6) is 5.75 Å². The van der Waals surface area contributed by atoms with Gasteiger partial charge in [-0.05, 0) is 29.8 Å². The summed E-state index contributed by atoms with van der Waals surface area (Å²) >= 11 is 0. The molecule has 0 aliphatic heterocycles. The van der Waals surface area contributed by atoms with Crippen molar-refractivity contribution in [2.45, 2.75) is 6.54 Å². The van der Waals surface area contributed by atoms with Gasteiger partial charge in [0.1, 0.15) is 17.3 Å². The SMILES string of the molecule is COc1ccc(CNc2c(F)cccc2F)cc1F. The first kappa shape index (κ1) is 13.3. The van der Waals surface area contributed by atoms with Crippen LogP contribution in [-0.4, -0.2) is 7.11 Å². The van der Waals surface area contributed by atoms with E-state index in [0.717, 1.165) is 12.1 Å². The lowest BCUT2D eigenvalue weighted by molar-refractivity contribution is 0.386. The number of hydrogen-bond acceptors (Lipinski definition) is 2. The van der Waals surface area contributed by atoms with Gasteiger partial charge in [0.05, 0.1) is 7.11 Å². The van der Waals surface area contributed by atoms with Gasteiger partial charge in [0.15, 0.2) is 11.6 Å². The van der Waals surface area contributed by atoms with Gasteiger partial charge in [0.25, 0.3) is 0 Å². The molecule has 0 aliphatic carbocycles. The average Bonchev–Trinajstić information content (AvgIpc) is 2.38. The highest BCUT2D eigenvalue weighted by Crippen LogP contribution is 2.21. The van der Waals surface area contributed by atoms with Crippen molar-refractivity contribution in [2.75, 3.05) is 12.4 Å². The van der Waals surface area contributed by atoms with Crippen LogP contribution in [0.3, 0.4) is 0 Å². The van der Waals surface area contributed by atoms with Crippen molar-refractivity contribution >= 4 is 5.69 Å². The molecule has 0 unspecified atom stereocenters. The third-order valence-electron chi connectivity index (χ3n) is 2.65. The van der Waals surface area contributed by atoms with Gasteiger partial charge in [-0.1, -0.05) is 12.1 Å². The summed E-state index contributed by atoms with van der Waals surface area (Å²) in [7, 11) is 1.37. The number of para-hydroxylation sites is 1. The normalized spacial score (nSPS) is 10.3. The molecule has 19 heavy (non-hydrogen) atoms. The van der Waals surface area contributed by atoms with Gasteiger partial charge in [0, 0.05) is 6.54 Å². The lowest BCUT2D eigenvalue weighted by atomic mass is 10.2. The zero-order chi connectivity index (χ0) is 13.8. The van der Waals surface area contributed by atoms with E-state index in [-0.39, 0.29) is 18.0 Å². The van der Waals surface area contributed by atoms with Crippen molar-refractivity contribution in [3.63, 3.8) is 0 Å². The number of nitrogens with one attached hydrogen (secondary N) is 1. The molecule has 0 aromatic heterocycles. The molecular weight excluding hydrogens is 255 g/mol. The predicted octanol–water partition coefficient (Wildman–Crippen LogP) is 3.72. The molecule has 0 amide bonds. The first-order chi connectivity index (χ1) is 9.11. The Morgan fingerprint density at radius 1 is 1.00 bits per heavy atom. The van der Waals surface area contributed by atoms with Gasteiger partial charge < -0.3 is 10.1 Å². The summed E-state index contributed by atoms with van der Waals surface area (Å²) in [6.45, 7) is 0.110. The van der Waals surface area contributed by atoms with Crippen molar-refractivity contribution in [2.24, 2.45) is 0 Å². The summed E-state index contributed by atoms with van der Waals surface area (Å²) in [4.78, 5) is 0. The Bertz CT molecular complexity index is 567. The number of benzene rings is 2. The van der Waals surface area contributed by atoms with Crippen molar-refractivity contribution in [1.82, 2.24) is 0 Å². The molecule has 100 valence electrons. The van der Waals surface area contributed by atoms with Crippen molar-refractivity contribution in [1.29, 1.82) is 0 Å². The van der Waals surface area contributed by atoms with Crippen LogP contribution >= 0.6 is 0 Å². The quantitative estimate of drug-likeness (QED) is 0.911. The molecule has 0 saturated carbocycles. The molecule has 0 radical (unpaired) electrons. The first-order valence-electron chi connectivity index (χ1n) is 5.62. The molecule has 0 fully saturated rings. The van der Waals surface area contributed by atoms with E-state index in [1.54, 1.807) is 6.07 Å². The molecule has 2 rings (SSSR count). The highest BCUT2D eigenvalue weighted by Gasteiger charge is 2.08. The zero-order valence-corrected chi connectivity index (χ0v) is 10.2. The van der Waals surface area contributed by atoms with Gasteiger partial charge >= 0.3 is 0 Å². The Morgan fingerprint density at radius 3 is 2.26 bits per heavy atom. The van der Waals surface area contributed by atoms with Gasteiger partial charge in [-0.15, -0.1) is 0 Å². The van der Waals surface area contributed by atoms with E-state index in [1.165, 1.54) is 25.3 Å². The summed E-state index contributed by atoms with van der Waals surface area (Å²) in [6, 6.07) is 7.92. The largest absolute Gasteiger partial charge is 0.494 e. The second kappa shape index (κ2) is 5.65. The van der Waals surface area contributed by atoms with Crippen LogP contribution in [0.4, 0.5) is 18.9 Å². The monoisotopic (exact) mass is 267 g/mol. The predicted molar refractivity (Wildman–Crippen MR) is 66.6 cm³/mol. The molecule has 2 aromatic carbocycles. The smallest absolute Gasteiger partial charge is 0.165 e. The Morgan fingerprint density at radius 2 is 1.68 bits per heavy atom. The average molecular weight is 267 g/mol. The van der Waals surface area contributed by atoms with E-state index in [2.05, 4.69) is 5.32 Å². The van der Waals surface area contributed by atoms with Crippen LogP contribution in [-0.2, 0) is 6.54 Å². The molecular formula is C14H12F3NO. The summed E-state index contributed by atoms with van der Waals surface area (Å²) in [5, 5.41) is 2.60. The number of anilines is 1. The van der Waals surface area contributed by atoms with E-state index < -0.39 is 17.5 Å². The number of hydrogen-bond donors (Lipinski definition) is 1. The fourth-order valence-electron chi connectivity index (χ4n) is 1.68. The highest BCUT2D eigenvalue weighted by molar-refractivity contribution is 5.46. The number of halogens is 3. The lowest BCUT2D eigenvalue weighted by Gasteiger charge is -2.09. The molecule has 0 saturated heterocycles. The number of methoxy groups -OCH3 is 1. The van der Waals surface area contributed by atoms with E-state index in [1.807, 2.05) is 0 Å². The topological polar surface area (TPSA) is 21.3 Å². The highest BCUT2D eigenvalue weighted by atomic mass is 19.1. The Hall–Kier alpha value is -2.17. The minimum absolute atomic E-state index is 0.110. The fourth-order valence-corrected chi connectivity index (χ4v) is 1.68. The van der Waals surface area contributed by atoms with Crippen LogP contribution < -0.4 is 10.1 Å². The van der Waals surface area contributed by atoms with E-state index in [0.29, 0.717) is 5.56 Å². The maximum atomic E-state index is 13.4. The maximum absolute atomic E-state index is 13.4. The molecule has 0 bridgehead atoms. The van der Waals surface area contributed by atoms with Crippen LogP contribution in [0.1, 0.15) is 5.56 Å². The van der Waals surface area contributed by atoms with Crippen LogP contribution in [0.2, 0.25) is 0 Å². The fraction of sp³-hybridized carbons (Fsp3) is 0.143. The Kier molecular flexibility index (Phi) is 3.94. The van der Waals surface area contributed by atoms with Crippen molar-refractivity contribution in [3.05, 3.63) is 59.4 Å². The summed E-state index contributed by atoms with van der Waals surface area (Å²) in [6.07, 6.45) is 0. The van der Waals surface area contributed by atoms with Crippen molar-refractivity contribution in [3.8, 4) is 5.75 Å². The second-order valence-corrected chi connectivity index (χ2v) is 3.92. The second-order valence-electron chi connectivity index (χ2n) is 3.92. The van der Waals surface area contributed by atoms with Crippen LogP contribution in [0.25, 0.3) is 0 Å². The van der Waals surface area contributed by atoms with Crippen molar-refractivity contribution < 1.29 is 17.9 Å². The van der Waals surface area contributed by atoms with E-state index in [9.17, 15) is 13.2 Å². The lowest BCUT2D eigenvalue weighted by Crippen LogP contribution is -2.04. The molecule has 0 aliphatic rings. The minimum Gasteiger partial charge on any atom is -0.494 e. The van der Waals surface area contributed by atoms with Gasteiger partial charge in [0.2, 0.25) is 0 Å². The third kappa shape index (κ3) is 2.99. The maximum Gasteiger partial charge on any atom is 0.165 e. The van der Waals surface area contributed by atoms with Gasteiger partial charge in [-0.3, -0.25) is 0 Å². The standard InChI is InChI=1S/C14H12F3NO/c1-19-13-6-5-9(7-12(13)17)8-18-14-10(15)3-2-4-11(14)16/h2-7,18H,8H2,1H3. The summed E-state index contributed by atoms with van der Waals surface area (Å²) < 4.78 is 44.9. The summed E-state index contributed by atoms with van der Waals surface area (Å²) in [5.74, 6) is -1.76. The minimum atomic E-state index is -0.686. The third-order valence-corrected chi connectivity index (χ3v) is 2.65. The molecule has 1 N–H and O–H groups in total. The molecule has 2 nitrogen and oxygen atoms in total.